The first kappa shape index (κ1) is 18.1. The Balaban J connectivity index is 3.23. The van der Waals surface area contributed by atoms with Crippen LogP contribution in [0.4, 0.5) is 0 Å². The van der Waals surface area contributed by atoms with Crippen LogP contribution in [0.3, 0.4) is 0 Å². The second kappa shape index (κ2) is 6.47. The van der Waals surface area contributed by atoms with Gasteiger partial charge in [-0.05, 0) is 19.1 Å². The highest BCUT2D eigenvalue weighted by atomic mass is 35.5. The molecule has 0 amide bonds. The molecule has 1 unspecified atom stereocenters. The molecule has 0 aromatic heterocycles. The summed E-state index contributed by atoms with van der Waals surface area (Å²) in [5.74, 6) is -1.43. The smallest absolute Gasteiger partial charge is 0.337 e. The molecule has 0 spiro atoms. The predicted octanol–water partition coefficient (Wildman–Crippen LogP) is 0.713. The van der Waals surface area contributed by atoms with Crippen molar-refractivity contribution in [2.45, 2.75) is 17.4 Å². The van der Waals surface area contributed by atoms with E-state index in [0.717, 1.165) is 12.1 Å². The molecule has 21 heavy (non-hydrogen) atoms. The number of benzene rings is 1. The topological polar surface area (TPSA) is 124 Å². The van der Waals surface area contributed by atoms with Gasteiger partial charge in [0.25, 0.3) is 0 Å². The Morgan fingerprint density at radius 3 is 2.43 bits per heavy atom. The summed E-state index contributed by atoms with van der Waals surface area (Å²) in [4.78, 5) is 10.5. The van der Waals surface area contributed by atoms with Crippen LogP contribution in [0.25, 0.3) is 0 Å². The van der Waals surface area contributed by atoms with Crippen LogP contribution in [0.2, 0.25) is 10.0 Å². The summed E-state index contributed by atoms with van der Waals surface area (Å²) >= 11 is 11.5. The van der Waals surface area contributed by atoms with E-state index in [1.807, 2.05) is 4.72 Å². The van der Waals surface area contributed by atoms with Gasteiger partial charge in [0, 0.05) is 11.6 Å². The van der Waals surface area contributed by atoms with Gasteiger partial charge < -0.3 is 15.3 Å². The molecule has 118 valence electrons. The molecule has 1 aromatic carbocycles. The van der Waals surface area contributed by atoms with Gasteiger partial charge in [-0.2, -0.15) is 0 Å². The summed E-state index contributed by atoms with van der Waals surface area (Å²) in [6.45, 7) is 0.0635. The van der Waals surface area contributed by atoms with Gasteiger partial charge >= 0.3 is 5.97 Å². The largest absolute Gasteiger partial charge is 0.478 e. The van der Waals surface area contributed by atoms with E-state index in [1.54, 1.807) is 0 Å². The number of hydrogen-bond acceptors (Lipinski definition) is 5. The lowest BCUT2D eigenvalue weighted by molar-refractivity contribution is 0.00681. The minimum atomic E-state index is -4.21. The number of aliphatic hydroxyl groups excluding tert-OH is 1. The molecule has 0 aliphatic heterocycles. The zero-order chi connectivity index (χ0) is 16.4. The molecule has 10 heteroatoms. The fourth-order valence-corrected chi connectivity index (χ4v) is 3.36. The zero-order valence-corrected chi connectivity index (χ0v) is 13.1. The molecule has 0 heterocycles. The van der Waals surface area contributed by atoms with Crippen LogP contribution in [0.15, 0.2) is 17.0 Å². The van der Waals surface area contributed by atoms with Crippen molar-refractivity contribution in [1.29, 1.82) is 0 Å². The Labute approximate surface area is 131 Å². The molecule has 0 saturated carbocycles. The fourth-order valence-electron chi connectivity index (χ4n) is 1.30. The third-order valence-corrected chi connectivity index (χ3v) is 4.67. The Hall–Kier alpha value is -0.900. The van der Waals surface area contributed by atoms with E-state index in [0.29, 0.717) is 0 Å². The maximum atomic E-state index is 12.1. The number of nitrogens with one attached hydrogen (secondary N) is 1. The average molecular weight is 358 g/mol. The van der Waals surface area contributed by atoms with Gasteiger partial charge in [-0.1, -0.05) is 23.2 Å². The van der Waals surface area contributed by atoms with Crippen LogP contribution >= 0.6 is 23.2 Å². The minimum absolute atomic E-state index is 0.119. The van der Waals surface area contributed by atoms with Gasteiger partial charge in [0.1, 0.15) is 4.90 Å². The second-order valence-corrected chi connectivity index (χ2v) is 7.10. The lowest BCUT2D eigenvalue weighted by atomic mass is 10.1. The molecule has 4 N–H and O–H groups in total. The third-order valence-electron chi connectivity index (χ3n) is 2.51. The number of carbonyl (C=O) groups is 1. The van der Waals surface area contributed by atoms with E-state index in [9.17, 15) is 18.3 Å². The Morgan fingerprint density at radius 2 is 1.95 bits per heavy atom. The highest BCUT2D eigenvalue weighted by Crippen LogP contribution is 2.29. The van der Waals surface area contributed by atoms with Gasteiger partial charge in [-0.15, -0.1) is 0 Å². The normalized spacial score (nSPS) is 14.7. The van der Waals surface area contributed by atoms with Crippen molar-refractivity contribution in [3.8, 4) is 0 Å². The van der Waals surface area contributed by atoms with Gasteiger partial charge in [0.2, 0.25) is 10.0 Å². The van der Waals surface area contributed by atoms with E-state index < -0.39 is 50.2 Å². The number of carboxylic acid groups (broad SMARTS) is 1. The van der Waals surface area contributed by atoms with Crippen LogP contribution in [0.5, 0.6) is 0 Å². The summed E-state index contributed by atoms with van der Waals surface area (Å²) in [6, 6.07) is 2.02. The number of aliphatic hydroxyl groups is 2. The Kier molecular flexibility index (Phi) is 5.59. The van der Waals surface area contributed by atoms with E-state index in [4.69, 9.17) is 33.4 Å². The molecule has 0 fully saturated rings. The molecular formula is C11H13Cl2NO6S. The van der Waals surface area contributed by atoms with Gasteiger partial charge in [-0.25, -0.2) is 17.9 Å². The maximum Gasteiger partial charge on any atom is 0.337 e. The number of hydrogen-bond donors (Lipinski definition) is 4. The molecule has 1 rings (SSSR count). The SMILES string of the molecule is CC(O)(CO)CNS(=O)(=O)c1cc(Cl)cc(C(=O)O)c1Cl. The molecule has 7 nitrogen and oxygen atoms in total. The van der Waals surface area contributed by atoms with Crippen molar-refractivity contribution >= 4 is 39.2 Å². The first-order valence-electron chi connectivity index (χ1n) is 5.55. The molecule has 0 aliphatic carbocycles. The van der Waals surface area contributed by atoms with E-state index in [1.165, 1.54) is 6.92 Å². The summed E-state index contributed by atoms with van der Waals surface area (Å²) < 4.78 is 26.2. The minimum Gasteiger partial charge on any atom is -0.478 e. The van der Waals surface area contributed by atoms with Crippen molar-refractivity contribution in [3.63, 3.8) is 0 Å². The molecule has 0 radical (unpaired) electrons. The van der Waals surface area contributed by atoms with Crippen LogP contribution < -0.4 is 4.72 Å². The second-order valence-electron chi connectivity index (χ2n) is 4.55. The third kappa shape index (κ3) is 4.53. The van der Waals surface area contributed by atoms with Gasteiger partial charge in [0.15, 0.2) is 0 Å². The van der Waals surface area contributed by atoms with E-state index in [-0.39, 0.29) is 5.02 Å². The number of sulfonamides is 1. The molecule has 0 aliphatic rings. The van der Waals surface area contributed by atoms with E-state index >= 15 is 0 Å². The first-order valence-corrected chi connectivity index (χ1v) is 7.79. The Bertz CT molecular complexity index is 659. The fraction of sp³-hybridized carbons (Fsp3) is 0.364. The number of carboxylic acids is 1. The van der Waals surface area contributed by atoms with Gasteiger partial charge in [-0.3, -0.25) is 0 Å². The van der Waals surface area contributed by atoms with E-state index in [2.05, 4.69) is 0 Å². The monoisotopic (exact) mass is 357 g/mol. The summed E-state index contributed by atoms with van der Waals surface area (Å²) in [7, 11) is -4.21. The summed E-state index contributed by atoms with van der Waals surface area (Å²) in [5.41, 5.74) is -2.13. The highest BCUT2D eigenvalue weighted by Gasteiger charge is 2.27. The summed E-state index contributed by atoms with van der Waals surface area (Å²) in [5, 5.41) is 26.8. The lowest BCUT2D eigenvalue weighted by Gasteiger charge is -2.21. The maximum absolute atomic E-state index is 12.1. The molecule has 1 aromatic rings. The number of rotatable bonds is 6. The molecular weight excluding hydrogens is 345 g/mol. The van der Waals surface area contributed by atoms with Crippen LogP contribution in [0, 0.1) is 0 Å². The van der Waals surface area contributed by atoms with Crippen LogP contribution in [0.1, 0.15) is 17.3 Å². The number of halogens is 2. The number of aromatic carboxylic acids is 1. The van der Waals surface area contributed by atoms with Crippen LogP contribution in [-0.2, 0) is 10.0 Å². The highest BCUT2D eigenvalue weighted by molar-refractivity contribution is 7.89. The quantitative estimate of drug-likeness (QED) is 0.594. The van der Waals surface area contributed by atoms with Crippen LogP contribution in [-0.4, -0.2) is 48.5 Å². The molecule has 0 bridgehead atoms. The van der Waals surface area contributed by atoms with Crippen molar-refractivity contribution in [2.24, 2.45) is 0 Å². The summed E-state index contributed by atoms with van der Waals surface area (Å²) in [6.07, 6.45) is 0. The van der Waals surface area contributed by atoms with Crippen molar-refractivity contribution in [1.82, 2.24) is 4.72 Å². The lowest BCUT2D eigenvalue weighted by Crippen LogP contribution is -2.43. The van der Waals surface area contributed by atoms with Crippen molar-refractivity contribution in [3.05, 3.63) is 27.7 Å². The standard InChI is InChI=1S/C11H13Cl2NO6S/c1-11(18,5-15)4-14-21(19,20)8-3-6(12)2-7(9(8)13)10(16)17/h2-3,14-15,18H,4-5H2,1H3,(H,16,17). The Morgan fingerprint density at radius 1 is 1.38 bits per heavy atom. The van der Waals surface area contributed by atoms with Gasteiger partial charge in [0.05, 0.1) is 22.8 Å². The molecule has 1 atom stereocenters. The first-order chi connectivity index (χ1) is 9.50. The average Bonchev–Trinajstić information content (AvgIpc) is 2.38. The molecule has 0 saturated heterocycles. The van der Waals surface area contributed by atoms with Crippen molar-refractivity contribution < 1.29 is 28.5 Å². The predicted molar refractivity (Wildman–Crippen MR) is 76.3 cm³/mol. The van der Waals surface area contributed by atoms with Crippen molar-refractivity contribution in [2.75, 3.05) is 13.2 Å². The zero-order valence-electron chi connectivity index (χ0n) is 10.8.